The van der Waals surface area contributed by atoms with Gasteiger partial charge in [-0.15, -0.1) is 0 Å². The fraction of sp³-hybridized carbons (Fsp3) is 0.250. The van der Waals surface area contributed by atoms with Crippen molar-refractivity contribution in [2.75, 3.05) is 29.9 Å². The molecule has 0 aliphatic rings. The smallest absolute Gasteiger partial charge is 0.323 e. The highest BCUT2D eigenvalue weighted by Gasteiger charge is 2.12. The van der Waals surface area contributed by atoms with Crippen LogP contribution in [0.3, 0.4) is 0 Å². The number of hydrogen-bond donors (Lipinski definition) is 2. The zero-order valence-electron chi connectivity index (χ0n) is 17.2. The van der Waals surface area contributed by atoms with Crippen LogP contribution in [0.2, 0.25) is 0 Å². The number of carbonyl (C=O) groups is 1. The Hall–Kier alpha value is -3.61. The van der Waals surface area contributed by atoms with Gasteiger partial charge in [-0.2, -0.15) is 0 Å². The fourth-order valence-corrected chi connectivity index (χ4v) is 3.07. The van der Waals surface area contributed by atoms with Crippen molar-refractivity contribution in [2.45, 2.75) is 19.4 Å². The monoisotopic (exact) mass is 423 g/mol. The maximum Gasteiger partial charge on any atom is 0.323 e. The number of halogens is 1. The molecule has 2 aromatic carbocycles. The van der Waals surface area contributed by atoms with Crippen LogP contribution in [0.4, 0.5) is 15.9 Å². The molecule has 1 heterocycles. The topological polar surface area (TPSA) is 74.7 Å². The molecule has 2 N–H and O–H groups in total. The summed E-state index contributed by atoms with van der Waals surface area (Å²) in [5.74, 6) is 0.347. The first kappa shape index (κ1) is 22.1. The molecule has 1 aromatic heterocycles. The van der Waals surface area contributed by atoms with Gasteiger partial charge in [-0.05, 0) is 66.9 Å². The molecular formula is C24H26FN3O3. The summed E-state index contributed by atoms with van der Waals surface area (Å²) in [5.41, 5.74) is 1.60. The maximum absolute atomic E-state index is 13.2. The lowest BCUT2D eigenvalue weighted by molar-refractivity contribution is -0.135. The van der Waals surface area contributed by atoms with Gasteiger partial charge >= 0.3 is 5.97 Å². The van der Waals surface area contributed by atoms with E-state index in [9.17, 15) is 14.3 Å². The van der Waals surface area contributed by atoms with E-state index in [4.69, 9.17) is 4.74 Å². The molecule has 0 bridgehead atoms. The molecular weight excluding hydrogens is 397 g/mol. The third-order valence-corrected chi connectivity index (χ3v) is 4.63. The third kappa shape index (κ3) is 7.62. The number of nitrogens with zero attached hydrogens (tertiary/aromatic N) is 2. The van der Waals surface area contributed by atoms with Crippen LogP contribution in [0, 0.1) is 5.82 Å². The zero-order valence-corrected chi connectivity index (χ0v) is 17.2. The SMILES string of the molecule is O=C(O)CN(Cc1ccc(OCCCCNc2ccccn2)cc1)c1ccc(F)cc1. The van der Waals surface area contributed by atoms with Crippen molar-refractivity contribution in [1.29, 1.82) is 0 Å². The molecule has 0 spiro atoms. The summed E-state index contributed by atoms with van der Waals surface area (Å²) in [6.07, 6.45) is 3.64. The Kier molecular flexibility index (Phi) is 8.22. The molecule has 3 aromatic rings. The predicted molar refractivity (Wildman–Crippen MR) is 119 cm³/mol. The van der Waals surface area contributed by atoms with Crippen LogP contribution in [0.1, 0.15) is 18.4 Å². The van der Waals surface area contributed by atoms with E-state index in [1.807, 2.05) is 42.5 Å². The van der Waals surface area contributed by atoms with Gasteiger partial charge in [-0.3, -0.25) is 4.79 Å². The van der Waals surface area contributed by atoms with Gasteiger partial charge in [-0.1, -0.05) is 18.2 Å². The van der Waals surface area contributed by atoms with Crippen LogP contribution in [-0.4, -0.2) is 35.8 Å². The molecule has 0 atom stereocenters. The van der Waals surface area contributed by atoms with Crippen molar-refractivity contribution < 1.29 is 19.0 Å². The van der Waals surface area contributed by atoms with Gasteiger partial charge in [0.2, 0.25) is 0 Å². The number of ether oxygens (including phenoxy) is 1. The highest BCUT2D eigenvalue weighted by Crippen LogP contribution is 2.20. The Balaban J connectivity index is 1.44. The van der Waals surface area contributed by atoms with E-state index in [2.05, 4.69) is 10.3 Å². The van der Waals surface area contributed by atoms with E-state index in [-0.39, 0.29) is 12.4 Å². The lowest BCUT2D eigenvalue weighted by atomic mass is 10.2. The minimum absolute atomic E-state index is 0.170. The number of aromatic nitrogens is 1. The van der Waals surface area contributed by atoms with Crippen LogP contribution in [-0.2, 0) is 11.3 Å². The van der Waals surface area contributed by atoms with Gasteiger partial charge in [0.25, 0.3) is 0 Å². The highest BCUT2D eigenvalue weighted by molar-refractivity contribution is 5.73. The van der Waals surface area contributed by atoms with E-state index in [0.717, 1.165) is 36.5 Å². The number of hydrogen-bond acceptors (Lipinski definition) is 5. The number of unbranched alkanes of at least 4 members (excludes halogenated alkanes) is 1. The van der Waals surface area contributed by atoms with Crippen molar-refractivity contribution >= 4 is 17.5 Å². The van der Waals surface area contributed by atoms with Gasteiger partial charge in [0.1, 0.15) is 23.9 Å². The standard InChI is InChI=1S/C24H26FN3O3/c25-20-8-10-21(11-9-20)28(18-24(29)30)17-19-6-12-22(13-7-19)31-16-4-3-15-27-23-5-1-2-14-26-23/h1-2,5-14H,3-4,15-18H2,(H,26,27)(H,29,30). The number of nitrogens with one attached hydrogen (secondary N) is 1. The molecule has 6 nitrogen and oxygen atoms in total. The number of aliphatic carboxylic acids is 1. The van der Waals surface area contributed by atoms with E-state index in [0.29, 0.717) is 18.8 Å². The van der Waals surface area contributed by atoms with E-state index in [1.165, 1.54) is 12.1 Å². The lowest BCUT2D eigenvalue weighted by Gasteiger charge is -2.23. The van der Waals surface area contributed by atoms with Gasteiger partial charge < -0.3 is 20.1 Å². The molecule has 0 saturated carbocycles. The molecule has 0 aliphatic heterocycles. The summed E-state index contributed by atoms with van der Waals surface area (Å²) >= 11 is 0. The normalized spacial score (nSPS) is 10.5. The van der Waals surface area contributed by atoms with Crippen LogP contribution in [0.25, 0.3) is 0 Å². The molecule has 0 aliphatic carbocycles. The number of rotatable bonds is 12. The van der Waals surface area contributed by atoms with Crippen molar-refractivity contribution in [3.63, 3.8) is 0 Å². The lowest BCUT2D eigenvalue weighted by Crippen LogP contribution is -2.29. The molecule has 0 saturated heterocycles. The molecule has 7 heteroatoms. The quantitative estimate of drug-likeness (QED) is 0.415. The van der Waals surface area contributed by atoms with Crippen molar-refractivity contribution in [1.82, 2.24) is 4.98 Å². The fourth-order valence-electron chi connectivity index (χ4n) is 3.07. The van der Waals surface area contributed by atoms with Crippen molar-refractivity contribution in [2.24, 2.45) is 0 Å². The second-order valence-electron chi connectivity index (χ2n) is 7.07. The summed E-state index contributed by atoms with van der Waals surface area (Å²) in [7, 11) is 0. The third-order valence-electron chi connectivity index (χ3n) is 4.63. The predicted octanol–water partition coefficient (Wildman–Crippen LogP) is 4.58. The Morgan fingerprint density at radius 3 is 2.48 bits per heavy atom. The maximum atomic E-state index is 13.2. The average Bonchev–Trinajstić information content (AvgIpc) is 2.78. The first-order valence-corrected chi connectivity index (χ1v) is 10.2. The second kappa shape index (κ2) is 11.5. The Morgan fingerprint density at radius 1 is 1.03 bits per heavy atom. The molecule has 3 rings (SSSR count). The molecule has 31 heavy (non-hydrogen) atoms. The molecule has 0 radical (unpaired) electrons. The number of benzene rings is 2. The Bertz CT molecular complexity index is 935. The number of pyridine rings is 1. The summed E-state index contributed by atoms with van der Waals surface area (Å²) in [5, 5.41) is 12.5. The summed E-state index contributed by atoms with van der Waals surface area (Å²) < 4.78 is 19.0. The number of carboxylic acid groups (broad SMARTS) is 1. The summed E-state index contributed by atoms with van der Waals surface area (Å²) in [6, 6.07) is 19.2. The zero-order chi connectivity index (χ0) is 21.9. The van der Waals surface area contributed by atoms with Gasteiger partial charge in [-0.25, -0.2) is 9.37 Å². The van der Waals surface area contributed by atoms with Gasteiger partial charge in [0.05, 0.1) is 6.61 Å². The first-order chi connectivity index (χ1) is 15.1. The highest BCUT2D eigenvalue weighted by atomic mass is 19.1. The second-order valence-corrected chi connectivity index (χ2v) is 7.07. The van der Waals surface area contributed by atoms with Crippen molar-refractivity contribution in [3.05, 3.63) is 84.3 Å². The van der Waals surface area contributed by atoms with Crippen LogP contribution in [0.5, 0.6) is 5.75 Å². The average molecular weight is 423 g/mol. The minimum Gasteiger partial charge on any atom is -0.494 e. The van der Waals surface area contributed by atoms with E-state index >= 15 is 0 Å². The largest absolute Gasteiger partial charge is 0.494 e. The summed E-state index contributed by atoms with van der Waals surface area (Å²) in [6.45, 7) is 1.68. The van der Waals surface area contributed by atoms with Gasteiger partial charge in [0, 0.05) is 25.0 Å². The first-order valence-electron chi connectivity index (χ1n) is 10.2. The molecule has 0 fully saturated rings. The van der Waals surface area contributed by atoms with Crippen molar-refractivity contribution in [3.8, 4) is 5.75 Å². The Morgan fingerprint density at radius 2 is 1.81 bits per heavy atom. The number of anilines is 2. The minimum atomic E-state index is -0.943. The Labute approximate surface area is 181 Å². The van der Waals surface area contributed by atoms with Crippen LogP contribution >= 0.6 is 0 Å². The molecule has 0 amide bonds. The number of carboxylic acids is 1. The van der Waals surface area contributed by atoms with E-state index in [1.54, 1.807) is 23.2 Å². The molecule has 0 unspecified atom stereocenters. The van der Waals surface area contributed by atoms with Crippen LogP contribution < -0.4 is 15.0 Å². The van der Waals surface area contributed by atoms with E-state index < -0.39 is 5.97 Å². The molecule has 162 valence electrons. The van der Waals surface area contributed by atoms with Gasteiger partial charge in [0.15, 0.2) is 0 Å². The summed E-state index contributed by atoms with van der Waals surface area (Å²) in [4.78, 5) is 17.1. The van der Waals surface area contributed by atoms with Crippen LogP contribution in [0.15, 0.2) is 72.9 Å².